The summed E-state index contributed by atoms with van der Waals surface area (Å²) in [7, 11) is 1.83. The standard InChI is InChI=1S/C14H29NO/c1-4-10-15-14(12(2)16-3)11-13-8-6-5-7-9-13/h12-15H,4-11H2,1-3H3. The van der Waals surface area contributed by atoms with Crippen LogP contribution in [-0.2, 0) is 4.74 Å². The summed E-state index contributed by atoms with van der Waals surface area (Å²) in [4.78, 5) is 0. The molecule has 1 aliphatic carbocycles. The summed E-state index contributed by atoms with van der Waals surface area (Å²) in [6, 6.07) is 0.549. The van der Waals surface area contributed by atoms with Crippen molar-refractivity contribution in [2.45, 2.75) is 70.9 Å². The van der Waals surface area contributed by atoms with Gasteiger partial charge in [-0.2, -0.15) is 0 Å². The average molecular weight is 227 g/mol. The number of rotatable bonds is 7. The second-order valence-electron chi connectivity index (χ2n) is 5.24. The maximum absolute atomic E-state index is 5.49. The Morgan fingerprint density at radius 2 is 1.94 bits per heavy atom. The Bertz CT molecular complexity index is 166. The average Bonchev–Trinajstić information content (AvgIpc) is 2.34. The van der Waals surface area contributed by atoms with E-state index in [4.69, 9.17) is 4.74 Å². The molecule has 0 aliphatic heterocycles. The van der Waals surface area contributed by atoms with Crippen molar-refractivity contribution >= 4 is 0 Å². The van der Waals surface area contributed by atoms with E-state index in [0.717, 1.165) is 12.5 Å². The molecule has 0 aromatic rings. The predicted molar refractivity (Wildman–Crippen MR) is 69.7 cm³/mol. The van der Waals surface area contributed by atoms with Crippen LogP contribution in [0, 0.1) is 5.92 Å². The zero-order valence-electron chi connectivity index (χ0n) is 11.3. The maximum Gasteiger partial charge on any atom is 0.0696 e. The zero-order chi connectivity index (χ0) is 11.8. The van der Waals surface area contributed by atoms with E-state index in [1.165, 1.54) is 44.9 Å². The van der Waals surface area contributed by atoms with Crippen molar-refractivity contribution < 1.29 is 4.74 Å². The molecule has 16 heavy (non-hydrogen) atoms. The predicted octanol–water partition coefficient (Wildman–Crippen LogP) is 3.36. The first-order chi connectivity index (χ1) is 7.77. The van der Waals surface area contributed by atoms with Gasteiger partial charge in [-0.05, 0) is 32.2 Å². The summed E-state index contributed by atoms with van der Waals surface area (Å²) in [6.07, 6.45) is 10.0. The number of methoxy groups -OCH3 is 1. The highest BCUT2D eigenvalue weighted by molar-refractivity contribution is 4.79. The summed E-state index contributed by atoms with van der Waals surface area (Å²) in [5.41, 5.74) is 0. The van der Waals surface area contributed by atoms with E-state index < -0.39 is 0 Å². The zero-order valence-corrected chi connectivity index (χ0v) is 11.3. The quantitative estimate of drug-likeness (QED) is 0.720. The number of ether oxygens (including phenoxy) is 1. The lowest BCUT2D eigenvalue weighted by molar-refractivity contribution is 0.0709. The normalized spacial score (nSPS) is 21.9. The minimum Gasteiger partial charge on any atom is -0.380 e. The van der Waals surface area contributed by atoms with Crippen LogP contribution in [0.1, 0.15) is 58.8 Å². The van der Waals surface area contributed by atoms with Gasteiger partial charge in [-0.25, -0.2) is 0 Å². The fourth-order valence-corrected chi connectivity index (χ4v) is 2.72. The summed E-state index contributed by atoms with van der Waals surface area (Å²) in [5, 5.41) is 3.64. The summed E-state index contributed by atoms with van der Waals surface area (Å²) in [6.45, 7) is 5.53. The van der Waals surface area contributed by atoms with Crippen LogP contribution >= 0.6 is 0 Å². The Morgan fingerprint density at radius 1 is 1.25 bits per heavy atom. The number of hydrogen-bond donors (Lipinski definition) is 1. The van der Waals surface area contributed by atoms with Crippen molar-refractivity contribution in [2.24, 2.45) is 5.92 Å². The van der Waals surface area contributed by atoms with Crippen LogP contribution in [0.15, 0.2) is 0 Å². The highest BCUT2D eigenvalue weighted by atomic mass is 16.5. The van der Waals surface area contributed by atoms with Gasteiger partial charge in [-0.1, -0.05) is 39.0 Å². The van der Waals surface area contributed by atoms with E-state index in [0.29, 0.717) is 12.1 Å². The van der Waals surface area contributed by atoms with Crippen LogP contribution in [0.3, 0.4) is 0 Å². The largest absolute Gasteiger partial charge is 0.380 e. The fraction of sp³-hybridized carbons (Fsp3) is 1.00. The molecule has 1 N–H and O–H groups in total. The molecule has 96 valence electrons. The first-order valence-corrected chi connectivity index (χ1v) is 7.04. The van der Waals surface area contributed by atoms with Gasteiger partial charge in [0.2, 0.25) is 0 Å². The van der Waals surface area contributed by atoms with Gasteiger partial charge in [0.15, 0.2) is 0 Å². The van der Waals surface area contributed by atoms with E-state index in [1.807, 2.05) is 7.11 Å². The third-order valence-electron chi connectivity index (χ3n) is 3.91. The molecule has 0 radical (unpaired) electrons. The Kier molecular flexibility index (Phi) is 7.06. The molecule has 0 aromatic carbocycles. The van der Waals surface area contributed by atoms with E-state index >= 15 is 0 Å². The molecule has 2 heteroatoms. The van der Waals surface area contributed by atoms with Crippen LogP contribution in [0.5, 0.6) is 0 Å². The lowest BCUT2D eigenvalue weighted by Gasteiger charge is -2.30. The van der Waals surface area contributed by atoms with Crippen LogP contribution in [-0.4, -0.2) is 25.8 Å². The fourth-order valence-electron chi connectivity index (χ4n) is 2.72. The SMILES string of the molecule is CCCNC(CC1CCCCC1)C(C)OC. The van der Waals surface area contributed by atoms with Crippen molar-refractivity contribution in [3.63, 3.8) is 0 Å². The molecule has 2 atom stereocenters. The van der Waals surface area contributed by atoms with Gasteiger partial charge in [0.25, 0.3) is 0 Å². The minimum absolute atomic E-state index is 0.341. The van der Waals surface area contributed by atoms with Gasteiger partial charge in [0, 0.05) is 13.2 Å². The first kappa shape index (κ1) is 14.0. The first-order valence-electron chi connectivity index (χ1n) is 7.04. The van der Waals surface area contributed by atoms with Crippen LogP contribution < -0.4 is 5.32 Å². The Morgan fingerprint density at radius 3 is 2.50 bits per heavy atom. The van der Waals surface area contributed by atoms with Crippen LogP contribution in [0.4, 0.5) is 0 Å². The molecular weight excluding hydrogens is 198 g/mol. The Balaban J connectivity index is 2.34. The molecule has 1 fully saturated rings. The summed E-state index contributed by atoms with van der Waals surface area (Å²) in [5.74, 6) is 0.931. The van der Waals surface area contributed by atoms with Gasteiger partial charge in [-0.15, -0.1) is 0 Å². The van der Waals surface area contributed by atoms with E-state index in [2.05, 4.69) is 19.2 Å². The van der Waals surface area contributed by atoms with Crippen molar-refractivity contribution in [2.75, 3.05) is 13.7 Å². The molecule has 0 heterocycles. The maximum atomic E-state index is 5.49. The summed E-state index contributed by atoms with van der Waals surface area (Å²) < 4.78 is 5.49. The Hall–Kier alpha value is -0.0800. The van der Waals surface area contributed by atoms with Gasteiger partial charge in [0.1, 0.15) is 0 Å². The van der Waals surface area contributed by atoms with Crippen molar-refractivity contribution in [1.29, 1.82) is 0 Å². The molecule has 0 spiro atoms. The highest BCUT2D eigenvalue weighted by Gasteiger charge is 2.22. The van der Waals surface area contributed by atoms with Crippen molar-refractivity contribution in [3.05, 3.63) is 0 Å². The van der Waals surface area contributed by atoms with Gasteiger partial charge in [0.05, 0.1) is 6.10 Å². The second kappa shape index (κ2) is 8.08. The Labute approximate surface area is 101 Å². The molecule has 0 amide bonds. The highest BCUT2D eigenvalue weighted by Crippen LogP contribution is 2.28. The van der Waals surface area contributed by atoms with Gasteiger partial charge in [-0.3, -0.25) is 0 Å². The third-order valence-corrected chi connectivity index (χ3v) is 3.91. The van der Waals surface area contributed by atoms with Gasteiger partial charge < -0.3 is 10.1 Å². The molecule has 1 rings (SSSR count). The molecule has 2 nitrogen and oxygen atoms in total. The van der Waals surface area contributed by atoms with Gasteiger partial charge >= 0.3 is 0 Å². The number of hydrogen-bond acceptors (Lipinski definition) is 2. The molecule has 0 saturated heterocycles. The van der Waals surface area contributed by atoms with E-state index in [1.54, 1.807) is 0 Å². The van der Waals surface area contributed by atoms with E-state index in [-0.39, 0.29) is 0 Å². The van der Waals surface area contributed by atoms with Crippen molar-refractivity contribution in [3.8, 4) is 0 Å². The molecular formula is C14H29NO. The smallest absolute Gasteiger partial charge is 0.0696 e. The summed E-state index contributed by atoms with van der Waals surface area (Å²) >= 11 is 0. The lowest BCUT2D eigenvalue weighted by atomic mass is 9.84. The van der Waals surface area contributed by atoms with Crippen molar-refractivity contribution in [1.82, 2.24) is 5.32 Å². The molecule has 2 unspecified atom stereocenters. The van der Waals surface area contributed by atoms with Crippen LogP contribution in [0.2, 0.25) is 0 Å². The molecule has 1 saturated carbocycles. The monoisotopic (exact) mass is 227 g/mol. The number of nitrogens with one attached hydrogen (secondary N) is 1. The van der Waals surface area contributed by atoms with Crippen LogP contribution in [0.25, 0.3) is 0 Å². The molecule has 1 aliphatic rings. The topological polar surface area (TPSA) is 21.3 Å². The second-order valence-corrected chi connectivity index (χ2v) is 5.24. The lowest BCUT2D eigenvalue weighted by Crippen LogP contribution is -2.41. The molecule has 0 bridgehead atoms. The van der Waals surface area contributed by atoms with E-state index in [9.17, 15) is 0 Å². The molecule has 0 aromatic heterocycles. The minimum atomic E-state index is 0.341. The third kappa shape index (κ3) is 4.84.